The van der Waals surface area contributed by atoms with Crippen molar-refractivity contribution >= 4 is 22.3 Å². The van der Waals surface area contributed by atoms with Crippen LogP contribution in [-0.4, -0.2) is 60.0 Å². The first-order chi connectivity index (χ1) is 20.0. The number of rotatable bonds is 6. The molecule has 0 bridgehead atoms. The van der Waals surface area contributed by atoms with Gasteiger partial charge in [-0.15, -0.1) is 0 Å². The predicted molar refractivity (Wildman–Crippen MR) is 155 cm³/mol. The Morgan fingerprint density at radius 1 is 0.976 bits per heavy atom. The van der Waals surface area contributed by atoms with Crippen molar-refractivity contribution in [2.45, 2.75) is 25.3 Å². The standard InChI is InChI=1S/C32H28FN7O/c1-38-16-13-24(14-17-38)39-20-35-31(21-6-8-22(33)9-7-21)32(39)28-10-11-30-36-23(19-40(30)37-28)18-29(41)26-12-15-34-27-5-3-2-4-25(26)27/h2-12,15,19-20,24H,13-14,16-18H2,1H3. The molecule has 9 heteroatoms. The van der Waals surface area contributed by atoms with E-state index in [0.29, 0.717) is 16.9 Å². The van der Waals surface area contributed by atoms with E-state index in [4.69, 9.17) is 10.1 Å². The molecule has 0 N–H and O–H groups in total. The number of fused-ring (bicyclic) bond motifs is 2. The normalized spacial score (nSPS) is 14.7. The largest absolute Gasteiger partial charge is 0.326 e. The highest BCUT2D eigenvalue weighted by Crippen LogP contribution is 2.35. The van der Waals surface area contributed by atoms with Crippen molar-refractivity contribution in [2.24, 2.45) is 0 Å². The monoisotopic (exact) mass is 545 g/mol. The molecule has 0 amide bonds. The number of likely N-dealkylation sites (tertiary alicyclic amines) is 1. The molecule has 0 atom stereocenters. The van der Waals surface area contributed by atoms with E-state index in [1.807, 2.05) is 48.9 Å². The van der Waals surface area contributed by atoms with Gasteiger partial charge in [0.05, 0.1) is 41.5 Å². The van der Waals surface area contributed by atoms with Gasteiger partial charge in [-0.3, -0.25) is 9.78 Å². The van der Waals surface area contributed by atoms with Crippen molar-refractivity contribution in [1.82, 2.24) is 34.0 Å². The van der Waals surface area contributed by atoms with Gasteiger partial charge in [-0.2, -0.15) is 5.10 Å². The Hall–Kier alpha value is -4.76. The van der Waals surface area contributed by atoms with E-state index in [9.17, 15) is 9.18 Å². The maximum absolute atomic E-state index is 13.7. The van der Waals surface area contributed by atoms with Crippen molar-refractivity contribution in [2.75, 3.05) is 20.1 Å². The highest BCUT2D eigenvalue weighted by atomic mass is 19.1. The van der Waals surface area contributed by atoms with E-state index >= 15 is 0 Å². The summed E-state index contributed by atoms with van der Waals surface area (Å²) in [6.45, 7) is 2.01. The molecule has 0 spiro atoms. The Bertz CT molecular complexity index is 1880. The van der Waals surface area contributed by atoms with E-state index in [0.717, 1.165) is 59.5 Å². The fourth-order valence-corrected chi connectivity index (χ4v) is 5.72. The number of carbonyl (C=O) groups excluding carboxylic acids is 1. The summed E-state index contributed by atoms with van der Waals surface area (Å²) in [5, 5.41) is 5.76. The Labute approximate surface area is 236 Å². The number of ketones is 1. The fourth-order valence-electron chi connectivity index (χ4n) is 5.72. The molecule has 0 radical (unpaired) electrons. The van der Waals surface area contributed by atoms with Crippen LogP contribution in [0.15, 0.2) is 85.5 Å². The Morgan fingerprint density at radius 3 is 2.61 bits per heavy atom. The molecule has 2 aromatic carbocycles. The summed E-state index contributed by atoms with van der Waals surface area (Å²) < 4.78 is 17.7. The number of Topliss-reactive ketones (excluding diaryl/α,β-unsaturated/α-hetero) is 1. The van der Waals surface area contributed by atoms with Crippen molar-refractivity contribution in [1.29, 1.82) is 0 Å². The second-order valence-electron chi connectivity index (χ2n) is 10.6. The smallest absolute Gasteiger partial charge is 0.169 e. The van der Waals surface area contributed by atoms with E-state index in [-0.39, 0.29) is 24.1 Å². The van der Waals surface area contributed by atoms with Gasteiger partial charge in [0, 0.05) is 28.8 Å². The number of hydrogen-bond donors (Lipinski definition) is 0. The Balaban J connectivity index is 1.25. The van der Waals surface area contributed by atoms with Crippen LogP contribution in [0.4, 0.5) is 4.39 Å². The first-order valence-electron chi connectivity index (χ1n) is 13.8. The maximum atomic E-state index is 13.7. The van der Waals surface area contributed by atoms with E-state index in [2.05, 4.69) is 26.5 Å². The molecule has 0 unspecified atom stereocenters. The zero-order valence-electron chi connectivity index (χ0n) is 22.6. The lowest BCUT2D eigenvalue weighted by Crippen LogP contribution is -2.31. The summed E-state index contributed by atoms with van der Waals surface area (Å²) in [5.74, 6) is -0.309. The molecule has 1 aliphatic rings. The van der Waals surface area contributed by atoms with Gasteiger partial charge in [-0.05, 0) is 81.5 Å². The molecular weight excluding hydrogens is 517 g/mol. The van der Waals surface area contributed by atoms with Gasteiger partial charge in [-0.25, -0.2) is 18.9 Å². The zero-order chi connectivity index (χ0) is 27.9. The van der Waals surface area contributed by atoms with Crippen LogP contribution in [-0.2, 0) is 6.42 Å². The second-order valence-corrected chi connectivity index (χ2v) is 10.6. The van der Waals surface area contributed by atoms with Crippen LogP contribution in [0.3, 0.4) is 0 Å². The number of halogens is 1. The molecule has 5 heterocycles. The van der Waals surface area contributed by atoms with E-state index in [1.165, 1.54) is 12.1 Å². The summed E-state index contributed by atoms with van der Waals surface area (Å²) in [6, 6.07) is 20.0. The predicted octanol–water partition coefficient (Wildman–Crippen LogP) is 5.64. The van der Waals surface area contributed by atoms with Gasteiger partial charge in [0.25, 0.3) is 0 Å². The topological polar surface area (TPSA) is 81.2 Å². The lowest BCUT2D eigenvalue weighted by Gasteiger charge is -2.30. The number of para-hydroxylation sites is 1. The van der Waals surface area contributed by atoms with Crippen LogP contribution in [0.5, 0.6) is 0 Å². The molecular formula is C32H28FN7O. The third kappa shape index (κ3) is 4.78. The van der Waals surface area contributed by atoms with Crippen LogP contribution < -0.4 is 0 Å². The molecule has 204 valence electrons. The SMILES string of the molecule is CN1CCC(n2cnc(-c3ccc(F)cc3)c2-c2ccc3nc(CC(=O)c4ccnc5ccccc45)cn3n2)CC1. The molecule has 0 saturated carbocycles. The number of piperidine rings is 1. The lowest BCUT2D eigenvalue weighted by molar-refractivity contribution is 0.0993. The van der Waals surface area contributed by atoms with Gasteiger partial charge in [-0.1, -0.05) is 18.2 Å². The molecule has 1 aliphatic heterocycles. The average Bonchev–Trinajstić information content (AvgIpc) is 3.61. The van der Waals surface area contributed by atoms with Crippen LogP contribution in [0.2, 0.25) is 0 Å². The molecule has 6 aromatic rings. The molecule has 41 heavy (non-hydrogen) atoms. The third-order valence-electron chi connectivity index (χ3n) is 7.90. The summed E-state index contributed by atoms with van der Waals surface area (Å²) in [7, 11) is 2.14. The summed E-state index contributed by atoms with van der Waals surface area (Å²) >= 11 is 0. The Kier molecular flexibility index (Phi) is 6.36. The summed E-state index contributed by atoms with van der Waals surface area (Å²) in [4.78, 5) is 29.5. The van der Waals surface area contributed by atoms with Gasteiger partial charge in [0.15, 0.2) is 11.4 Å². The van der Waals surface area contributed by atoms with Crippen LogP contribution in [0, 0.1) is 5.82 Å². The fraction of sp³-hybridized carbons (Fsp3) is 0.219. The maximum Gasteiger partial charge on any atom is 0.169 e. The quantitative estimate of drug-likeness (QED) is 0.252. The number of benzene rings is 2. The molecule has 0 aliphatic carbocycles. The average molecular weight is 546 g/mol. The van der Waals surface area contributed by atoms with Gasteiger partial charge < -0.3 is 9.47 Å². The zero-order valence-corrected chi connectivity index (χ0v) is 22.6. The first-order valence-corrected chi connectivity index (χ1v) is 13.8. The van der Waals surface area contributed by atoms with E-state index in [1.54, 1.807) is 28.9 Å². The van der Waals surface area contributed by atoms with Gasteiger partial charge in [0.2, 0.25) is 0 Å². The molecule has 8 nitrogen and oxygen atoms in total. The summed E-state index contributed by atoms with van der Waals surface area (Å²) in [6.07, 6.45) is 7.53. The highest BCUT2D eigenvalue weighted by Gasteiger charge is 2.25. The second kappa shape index (κ2) is 10.3. The van der Waals surface area contributed by atoms with Gasteiger partial charge in [0.1, 0.15) is 11.5 Å². The van der Waals surface area contributed by atoms with Gasteiger partial charge >= 0.3 is 0 Å². The molecule has 1 saturated heterocycles. The molecule has 1 fully saturated rings. The lowest BCUT2D eigenvalue weighted by atomic mass is 10.0. The minimum Gasteiger partial charge on any atom is -0.326 e. The summed E-state index contributed by atoms with van der Waals surface area (Å²) in [5.41, 5.74) is 5.94. The van der Waals surface area contributed by atoms with Crippen molar-refractivity contribution < 1.29 is 9.18 Å². The molecule has 7 rings (SSSR count). The van der Waals surface area contributed by atoms with Crippen molar-refractivity contribution in [3.63, 3.8) is 0 Å². The number of aromatic nitrogens is 6. The highest BCUT2D eigenvalue weighted by molar-refractivity contribution is 6.07. The number of imidazole rings is 2. The minimum atomic E-state index is -0.287. The number of carbonyl (C=O) groups is 1. The van der Waals surface area contributed by atoms with Crippen molar-refractivity contribution in [3.05, 3.63) is 103 Å². The minimum absolute atomic E-state index is 0.0221. The number of hydrogen-bond acceptors (Lipinski definition) is 6. The third-order valence-corrected chi connectivity index (χ3v) is 7.90. The molecule has 4 aromatic heterocycles. The van der Waals surface area contributed by atoms with Crippen LogP contribution in [0.25, 0.3) is 39.2 Å². The Morgan fingerprint density at radius 2 is 1.78 bits per heavy atom. The first kappa shape index (κ1) is 25.2. The number of nitrogens with zero attached hydrogens (tertiary/aromatic N) is 7. The van der Waals surface area contributed by atoms with E-state index < -0.39 is 0 Å². The van der Waals surface area contributed by atoms with Crippen LogP contribution >= 0.6 is 0 Å². The number of pyridine rings is 1. The van der Waals surface area contributed by atoms with Crippen LogP contribution in [0.1, 0.15) is 34.9 Å². The van der Waals surface area contributed by atoms with Crippen molar-refractivity contribution in [3.8, 4) is 22.6 Å².